The van der Waals surface area contributed by atoms with Crippen molar-refractivity contribution in [1.82, 2.24) is 14.9 Å². The number of amides is 1. The van der Waals surface area contributed by atoms with E-state index < -0.39 is 5.97 Å². The molecule has 124 valence electrons. The fraction of sp³-hybridized carbons (Fsp3) is 0.333. The van der Waals surface area contributed by atoms with Crippen LogP contribution in [0.25, 0.3) is 0 Å². The molecule has 24 heavy (non-hydrogen) atoms. The van der Waals surface area contributed by atoms with Crippen molar-refractivity contribution < 1.29 is 14.7 Å². The SMILES string of the molecule is CCc1ccc(CN(C(=O)c2cnc(C(=O)O)cn2)C2CC2)cc1. The highest BCUT2D eigenvalue weighted by molar-refractivity contribution is 5.93. The number of aromatic carboxylic acids is 1. The molecule has 6 nitrogen and oxygen atoms in total. The number of rotatable bonds is 6. The second kappa shape index (κ2) is 6.78. The molecule has 1 saturated carbocycles. The topological polar surface area (TPSA) is 83.4 Å². The van der Waals surface area contributed by atoms with Gasteiger partial charge in [-0.2, -0.15) is 0 Å². The van der Waals surface area contributed by atoms with Crippen LogP contribution in [0, 0.1) is 0 Å². The first-order chi connectivity index (χ1) is 11.6. The summed E-state index contributed by atoms with van der Waals surface area (Å²) >= 11 is 0. The number of aromatic nitrogens is 2. The van der Waals surface area contributed by atoms with E-state index in [1.54, 1.807) is 4.90 Å². The van der Waals surface area contributed by atoms with Crippen molar-refractivity contribution in [3.05, 3.63) is 59.2 Å². The molecule has 3 rings (SSSR count). The standard InChI is InChI=1S/C18H19N3O3/c1-2-12-3-5-13(6-4-12)11-21(14-7-8-14)17(22)15-9-20-16(10-19-15)18(23)24/h3-6,9-10,14H,2,7-8,11H2,1H3,(H,23,24). The molecule has 0 saturated heterocycles. The highest BCUT2D eigenvalue weighted by Crippen LogP contribution is 2.29. The van der Waals surface area contributed by atoms with Gasteiger partial charge in [0.2, 0.25) is 0 Å². The molecule has 2 aromatic rings. The zero-order valence-electron chi connectivity index (χ0n) is 13.5. The van der Waals surface area contributed by atoms with E-state index in [4.69, 9.17) is 5.11 Å². The molecule has 1 amide bonds. The third kappa shape index (κ3) is 3.59. The largest absolute Gasteiger partial charge is 0.476 e. The van der Waals surface area contributed by atoms with Crippen molar-refractivity contribution in [3.8, 4) is 0 Å². The summed E-state index contributed by atoms with van der Waals surface area (Å²) in [6.07, 6.45) is 5.31. The molecule has 0 atom stereocenters. The van der Waals surface area contributed by atoms with Crippen LogP contribution >= 0.6 is 0 Å². The van der Waals surface area contributed by atoms with Gasteiger partial charge >= 0.3 is 5.97 Å². The maximum atomic E-state index is 12.7. The Morgan fingerprint density at radius 2 is 1.67 bits per heavy atom. The summed E-state index contributed by atoms with van der Waals surface area (Å²) in [4.78, 5) is 33.1. The summed E-state index contributed by atoms with van der Waals surface area (Å²) in [6.45, 7) is 2.63. The fourth-order valence-electron chi connectivity index (χ4n) is 2.53. The van der Waals surface area contributed by atoms with Crippen LogP contribution in [0.1, 0.15) is 51.9 Å². The Morgan fingerprint density at radius 3 is 2.17 bits per heavy atom. The quantitative estimate of drug-likeness (QED) is 0.882. The first-order valence-electron chi connectivity index (χ1n) is 8.02. The van der Waals surface area contributed by atoms with Crippen LogP contribution in [0.3, 0.4) is 0 Å². The highest BCUT2D eigenvalue weighted by atomic mass is 16.4. The number of benzene rings is 1. The number of carbonyl (C=O) groups is 2. The first-order valence-corrected chi connectivity index (χ1v) is 8.02. The summed E-state index contributed by atoms with van der Waals surface area (Å²) in [5.74, 6) is -1.36. The smallest absolute Gasteiger partial charge is 0.356 e. The van der Waals surface area contributed by atoms with Gasteiger partial charge in [0, 0.05) is 12.6 Å². The number of carboxylic acids is 1. The predicted molar refractivity (Wildman–Crippen MR) is 87.7 cm³/mol. The van der Waals surface area contributed by atoms with Gasteiger partial charge in [-0.15, -0.1) is 0 Å². The minimum atomic E-state index is -1.16. The van der Waals surface area contributed by atoms with Crippen LogP contribution < -0.4 is 0 Å². The molecular weight excluding hydrogens is 306 g/mol. The van der Waals surface area contributed by atoms with E-state index >= 15 is 0 Å². The lowest BCUT2D eigenvalue weighted by molar-refractivity contribution is 0.0682. The van der Waals surface area contributed by atoms with Gasteiger partial charge in [0.25, 0.3) is 5.91 Å². The fourth-order valence-corrected chi connectivity index (χ4v) is 2.53. The van der Waals surface area contributed by atoms with Crippen LogP contribution in [0.5, 0.6) is 0 Å². The summed E-state index contributed by atoms with van der Waals surface area (Å²) in [5.41, 5.74) is 2.34. The number of aryl methyl sites for hydroxylation is 1. The van der Waals surface area contributed by atoms with E-state index in [9.17, 15) is 9.59 Å². The zero-order chi connectivity index (χ0) is 17.1. The molecule has 1 N–H and O–H groups in total. The van der Waals surface area contributed by atoms with Crippen LogP contribution in [0.4, 0.5) is 0 Å². The van der Waals surface area contributed by atoms with Gasteiger partial charge in [-0.3, -0.25) is 4.79 Å². The van der Waals surface area contributed by atoms with Crippen molar-refractivity contribution in [3.63, 3.8) is 0 Å². The van der Waals surface area contributed by atoms with Crippen LogP contribution in [-0.4, -0.2) is 37.9 Å². The Kier molecular flexibility index (Phi) is 4.55. The number of carboxylic acid groups (broad SMARTS) is 1. The number of nitrogens with zero attached hydrogens (tertiary/aromatic N) is 3. The lowest BCUT2D eigenvalue weighted by atomic mass is 10.1. The number of carbonyl (C=O) groups excluding carboxylic acids is 1. The van der Waals surface area contributed by atoms with Gasteiger partial charge < -0.3 is 10.0 Å². The molecule has 0 unspecified atom stereocenters. The average Bonchev–Trinajstić information content (AvgIpc) is 3.44. The minimum Gasteiger partial charge on any atom is -0.476 e. The Morgan fingerprint density at radius 1 is 1.08 bits per heavy atom. The predicted octanol–water partition coefficient (Wildman–Crippen LogP) is 2.54. The van der Waals surface area contributed by atoms with E-state index in [0.29, 0.717) is 6.54 Å². The molecule has 1 aromatic heterocycles. The lowest BCUT2D eigenvalue weighted by Gasteiger charge is -2.22. The molecule has 0 aliphatic heterocycles. The molecular formula is C18H19N3O3. The molecule has 1 heterocycles. The Balaban J connectivity index is 1.77. The van der Waals surface area contributed by atoms with Crippen molar-refractivity contribution in [1.29, 1.82) is 0 Å². The van der Waals surface area contributed by atoms with E-state index in [-0.39, 0.29) is 23.3 Å². The van der Waals surface area contributed by atoms with Crippen LogP contribution in [-0.2, 0) is 13.0 Å². The third-order valence-corrected chi connectivity index (χ3v) is 4.12. The molecule has 1 fully saturated rings. The van der Waals surface area contributed by atoms with E-state index in [2.05, 4.69) is 29.0 Å². The number of hydrogen-bond donors (Lipinski definition) is 1. The van der Waals surface area contributed by atoms with Gasteiger partial charge in [0.15, 0.2) is 5.69 Å². The Hall–Kier alpha value is -2.76. The zero-order valence-corrected chi connectivity index (χ0v) is 13.5. The molecule has 1 aromatic carbocycles. The summed E-state index contributed by atoms with van der Waals surface area (Å²) < 4.78 is 0. The Bertz CT molecular complexity index is 737. The van der Waals surface area contributed by atoms with Crippen LogP contribution in [0.2, 0.25) is 0 Å². The van der Waals surface area contributed by atoms with Crippen LogP contribution in [0.15, 0.2) is 36.7 Å². The lowest BCUT2D eigenvalue weighted by Crippen LogP contribution is -2.33. The minimum absolute atomic E-state index is 0.167. The summed E-state index contributed by atoms with van der Waals surface area (Å²) in [7, 11) is 0. The van der Waals surface area contributed by atoms with Gasteiger partial charge in [-0.05, 0) is 30.4 Å². The highest BCUT2D eigenvalue weighted by Gasteiger charge is 2.33. The molecule has 0 bridgehead atoms. The van der Waals surface area contributed by atoms with E-state index in [1.807, 2.05) is 12.1 Å². The van der Waals surface area contributed by atoms with E-state index in [1.165, 1.54) is 11.8 Å². The summed E-state index contributed by atoms with van der Waals surface area (Å²) in [6, 6.07) is 8.46. The maximum Gasteiger partial charge on any atom is 0.356 e. The molecule has 0 spiro atoms. The van der Waals surface area contributed by atoms with Gasteiger partial charge in [0.05, 0.1) is 12.4 Å². The van der Waals surface area contributed by atoms with Crippen molar-refractivity contribution in [2.24, 2.45) is 0 Å². The monoisotopic (exact) mass is 325 g/mol. The summed E-state index contributed by atoms with van der Waals surface area (Å²) in [5, 5.41) is 8.86. The number of hydrogen-bond acceptors (Lipinski definition) is 4. The van der Waals surface area contributed by atoms with Gasteiger partial charge in [-0.25, -0.2) is 14.8 Å². The van der Waals surface area contributed by atoms with Crippen molar-refractivity contribution >= 4 is 11.9 Å². The Labute approximate surface area is 140 Å². The van der Waals surface area contributed by atoms with Gasteiger partial charge in [0.1, 0.15) is 5.69 Å². The second-order valence-electron chi connectivity index (χ2n) is 5.93. The van der Waals surface area contributed by atoms with Crippen molar-refractivity contribution in [2.45, 2.75) is 38.8 Å². The second-order valence-corrected chi connectivity index (χ2v) is 5.93. The molecule has 1 aliphatic carbocycles. The maximum absolute atomic E-state index is 12.7. The average molecular weight is 325 g/mol. The third-order valence-electron chi connectivity index (χ3n) is 4.12. The normalized spacial score (nSPS) is 13.5. The molecule has 1 aliphatic rings. The van der Waals surface area contributed by atoms with Crippen molar-refractivity contribution in [2.75, 3.05) is 0 Å². The van der Waals surface area contributed by atoms with E-state index in [0.717, 1.165) is 31.0 Å². The molecule has 6 heteroatoms. The first kappa shape index (κ1) is 16.1. The van der Waals surface area contributed by atoms with Gasteiger partial charge in [-0.1, -0.05) is 31.2 Å². The molecule has 0 radical (unpaired) electrons.